The maximum atomic E-state index is 13.0. The summed E-state index contributed by atoms with van der Waals surface area (Å²) in [7, 11) is 1.53. The number of hydrogen-bond donors (Lipinski definition) is 0. The van der Waals surface area contributed by atoms with E-state index >= 15 is 0 Å². The predicted octanol–water partition coefficient (Wildman–Crippen LogP) is 2.07. The summed E-state index contributed by atoms with van der Waals surface area (Å²) in [5.41, 5.74) is 2.59. The first-order valence-electron chi connectivity index (χ1n) is 9.03. The summed E-state index contributed by atoms with van der Waals surface area (Å²) in [6.07, 6.45) is 8.13. The summed E-state index contributed by atoms with van der Waals surface area (Å²) in [5, 5.41) is 0. The predicted molar refractivity (Wildman–Crippen MR) is 99.9 cm³/mol. The minimum absolute atomic E-state index is 0.0793. The number of amides is 1. The van der Waals surface area contributed by atoms with E-state index in [1.807, 2.05) is 29.6 Å². The lowest BCUT2D eigenvalue weighted by atomic mass is 10.0. The number of pyridine rings is 1. The van der Waals surface area contributed by atoms with Crippen LogP contribution in [0.15, 0.2) is 49.1 Å². The van der Waals surface area contributed by atoms with Crippen LogP contribution in [0.1, 0.15) is 16.1 Å². The van der Waals surface area contributed by atoms with Crippen LogP contribution in [0, 0.1) is 5.92 Å². The van der Waals surface area contributed by atoms with Gasteiger partial charge in [-0.3, -0.25) is 9.78 Å². The number of nitrogens with zero attached hydrogens (tertiary/aromatic N) is 4. The van der Waals surface area contributed by atoms with Crippen molar-refractivity contribution < 1.29 is 14.3 Å². The lowest BCUT2D eigenvalue weighted by Crippen LogP contribution is -2.36. The van der Waals surface area contributed by atoms with Crippen molar-refractivity contribution in [1.29, 1.82) is 0 Å². The summed E-state index contributed by atoms with van der Waals surface area (Å²) in [4.78, 5) is 23.5. The van der Waals surface area contributed by atoms with Gasteiger partial charge in [-0.15, -0.1) is 0 Å². The van der Waals surface area contributed by atoms with E-state index in [0.29, 0.717) is 37.7 Å². The molecule has 7 nitrogen and oxygen atoms in total. The molecule has 0 radical (unpaired) electrons. The SMILES string of the molecule is COc1ncccc1C(=O)N1CCOCC(Cc2nccn3cccc23)C1. The largest absolute Gasteiger partial charge is 0.480 e. The molecule has 4 heterocycles. The van der Waals surface area contributed by atoms with Crippen LogP contribution in [-0.4, -0.2) is 58.6 Å². The van der Waals surface area contributed by atoms with Crippen LogP contribution in [0.25, 0.3) is 5.52 Å². The normalized spacial score (nSPS) is 17.7. The Morgan fingerprint density at radius 3 is 3.07 bits per heavy atom. The third-order valence-corrected chi connectivity index (χ3v) is 4.83. The van der Waals surface area contributed by atoms with Crippen LogP contribution in [0.2, 0.25) is 0 Å². The molecule has 1 fully saturated rings. The van der Waals surface area contributed by atoms with E-state index in [9.17, 15) is 4.79 Å². The van der Waals surface area contributed by atoms with Crippen molar-refractivity contribution in [3.8, 4) is 5.88 Å². The smallest absolute Gasteiger partial charge is 0.259 e. The van der Waals surface area contributed by atoms with Gasteiger partial charge in [-0.2, -0.15) is 0 Å². The molecule has 0 N–H and O–H groups in total. The third-order valence-electron chi connectivity index (χ3n) is 4.83. The first-order chi connectivity index (χ1) is 13.3. The molecular weight excluding hydrogens is 344 g/mol. The molecule has 1 aliphatic rings. The Morgan fingerprint density at radius 2 is 2.19 bits per heavy atom. The van der Waals surface area contributed by atoms with Gasteiger partial charge in [0.2, 0.25) is 5.88 Å². The van der Waals surface area contributed by atoms with Gasteiger partial charge < -0.3 is 18.8 Å². The topological polar surface area (TPSA) is 69.0 Å². The van der Waals surface area contributed by atoms with Gasteiger partial charge in [0.1, 0.15) is 5.56 Å². The Hall–Kier alpha value is -2.93. The van der Waals surface area contributed by atoms with Gasteiger partial charge in [0.05, 0.1) is 31.5 Å². The van der Waals surface area contributed by atoms with Crippen molar-refractivity contribution in [1.82, 2.24) is 19.3 Å². The quantitative estimate of drug-likeness (QED) is 0.707. The highest BCUT2D eigenvalue weighted by atomic mass is 16.5. The minimum atomic E-state index is -0.0793. The van der Waals surface area contributed by atoms with E-state index in [-0.39, 0.29) is 11.8 Å². The van der Waals surface area contributed by atoms with Crippen molar-refractivity contribution in [2.75, 3.05) is 33.4 Å². The number of ether oxygens (including phenoxy) is 2. The second-order valence-electron chi connectivity index (χ2n) is 6.63. The zero-order valence-electron chi connectivity index (χ0n) is 15.2. The molecule has 3 aromatic heterocycles. The molecule has 0 bridgehead atoms. The summed E-state index contributed by atoms with van der Waals surface area (Å²) in [6.45, 7) is 2.29. The first-order valence-corrected chi connectivity index (χ1v) is 9.03. The molecule has 1 atom stereocenters. The van der Waals surface area contributed by atoms with Crippen LogP contribution in [0.5, 0.6) is 5.88 Å². The molecule has 1 saturated heterocycles. The van der Waals surface area contributed by atoms with Gasteiger partial charge in [-0.1, -0.05) is 0 Å². The zero-order valence-corrected chi connectivity index (χ0v) is 15.2. The molecule has 0 aromatic carbocycles. The molecule has 0 spiro atoms. The number of aromatic nitrogens is 3. The van der Waals surface area contributed by atoms with E-state index in [2.05, 4.69) is 20.4 Å². The molecular formula is C20H22N4O3. The van der Waals surface area contributed by atoms with Gasteiger partial charge in [0.25, 0.3) is 5.91 Å². The molecule has 3 aromatic rings. The summed E-state index contributed by atoms with van der Waals surface area (Å²) >= 11 is 0. The number of hydrogen-bond acceptors (Lipinski definition) is 5. The molecule has 140 valence electrons. The van der Waals surface area contributed by atoms with Crippen molar-refractivity contribution >= 4 is 11.4 Å². The maximum absolute atomic E-state index is 13.0. The van der Waals surface area contributed by atoms with Crippen molar-refractivity contribution in [2.45, 2.75) is 6.42 Å². The second-order valence-corrected chi connectivity index (χ2v) is 6.63. The molecule has 27 heavy (non-hydrogen) atoms. The average Bonchev–Trinajstić information content (AvgIpc) is 3.07. The highest BCUT2D eigenvalue weighted by molar-refractivity contribution is 5.96. The Labute approximate surface area is 157 Å². The Balaban J connectivity index is 1.54. The minimum Gasteiger partial charge on any atom is -0.480 e. The number of rotatable bonds is 4. The van der Waals surface area contributed by atoms with Gasteiger partial charge >= 0.3 is 0 Å². The summed E-state index contributed by atoms with van der Waals surface area (Å²) in [5.74, 6) is 0.445. The van der Waals surface area contributed by atoms with Gasteiger partial charge in [0.15, 0.2) is 0 Å². The molecule has 7 heteroatoms. The number of methoxy groups -OCH3 is 1. The van der Waals surface area contributed by atoms with E-state index in [1.165, 1.54) is 7.11 Å². The van der Waals surface area contributed by atoms with Crippen LogP contribution >= 0.6 is 0 Å². The van der Waals surface area contributed by atoms with Gasteiger partial charge in [-0.05, 0) is 30.7 Å². The van der Waals surface area contributed by atoms with E-state index in [0.717, 1.165) is 17.6 Å². The number of carbonyl (C=O) groups is 1. The molecule has 4 rings (SSSR count). The highest BCUT2D eigenvalue weighted by Crippen LogP contribution is 2.21. The van der Waals surface area contributed by atoms with Crippen LogP contribution in [0.3, 0.4) is 0 Å². The van der Waals surface area contributed by atoms with E-state index in [4.69, 9.17) is 9.47 Å². The zero-order chi connectivity index (χ0) is 18.6. The second kappa shape index (κ2) is 7.75. The molecule has 1 unspecified atom stereocenters. The highest BCUT2D eigenvalue weighted by Gasteiger charge is 2.26. The van der Waals surface area contributed by atoms with Crippen molar-refractivity contribution in [3.05, 3.63) is 60.3 Å². The van der Waals surface area contributed by atoms with E-state index in [1.54, 1.807) is 18.3 Å². The Bertz CT molecular complexity index is 940. The van der Waals surface area contributed by atoms with Crippen molar-refractivity contribution in [3.63, 3.8) is 0 Å². The fourth-order valence-electron chi connectivity index (χ4n) is 3.54. The standard InChI is InChI=1S/C20H22N4O3/c1-26-19-16(4-2-6-22-19)20(25)24-10-11-27-14-15(13-24)12-17-18-5-3-8-23(18)9-7-21-17/h2-9,15H,10-14H2,1H3. The summed E-state index contributed by atoms with van der Waals surface area (Å²) in [6, 6.07) is 7.56. The van der Waals surface area contributed by atoms with E-state index < -0.39 is 0 Å². The van der Waals surface area contributed by atoms with Crippen LogP contribution < -0.4 is 4.74 Å². The third kappa shape index (κ3) is 3.64. The molecule has 1 aliphatic heterocycles. The summed E-state index contributed by atoms with van der Waals surface area (Å²) < 4.78 is 13.1. The monoisotopic (exact) mass is 366 g/mol. The average molecular weight is 366 g/mol. The Morgan fingerprint density at radius 1 is 1.26 bits per heavy atom. The van der Waals surface area contributed by atoms with Gasteiger partial charge in [-0.25, -0.2) is 4.98 Å². The fourth-order valence-corrected chi connectivity index (χ4v) is 3.54. The van der Waals surface area contributed by atoms with Crippen LogP contribution in [-0.2, 0) is 11.2 Å². The molecule has 1 amide bonds. The lowest BCUT2D eigenvalue weighted by molar-refractivity contribution is 0.0733. The number of carbonyl (C=O) groups excluding carboxylic acids is 1. The number of fused-ring (bicyclic) bond motifs is 1. The van der Waals surface area contributed by atoms with Crippen molar-refractivity contribution in [2.24, 2.45) is 5.92 Å². The van der Waals surface area contributed by atoms with Crippen LogP contribution in [0.4, 0.5) is 0 Å². The van der Waals surface area contributed by atoms with Gasteiger partial charge in [0, 0.05) is 43.8 Å². The molecule has 0 saturated carbocycles. The lowest BCUT2D eigenvalue weighted by Gasteiger charge is -2.24. The Kier molecular flexibility index (Phi) is 5.02. The first kappa shape index (κ1) is 17.5. The fraction of sp³-hybridized carbons (Fsp3) is 0.350. The maximum Gasteiger partial charge on any atom is 0.259 e. The molecule has 0 aliphatic carbocycles.